The zero-order chi connectivity index (χ0) is 11.3. The normalized spacial score (nSPS) is 12.1. The Balaban J connectivity index is 2.47. The fraction of sp³-hybridized carbons (Fsp3) is 0.222. The van der Waals surface area contributed by atoms with Crippen molar-refractivity contribution in [2.45, 2.75) is 6.04 Å². The maximum absolute atomic E-state index is 11.4. The van der Waals surface area contributed by atoms with E-state index in [4.69, 9.17) is 10.8 Å². The van der Waals surface area contributed by atoms with Crippen LogP contribution in [0.1, 0.15) is 10.4 Å². The molecule has 0 saturated carbocycles. The number of hydrogen-bond donors (Lipinski definition) is 2. The lowest BCUT2D eigenvalue weighted by Crippen LogP contribution is -2.32. The lowest BCUT2D eigenvalue weighted by Gasteiger charge is -2.04. The van der Waals surface area contributed by atoms with Gasteiger partial charge in [0.1, 0.15) is 6.04 Å². The van der Waals surface area contributed by atoms with Gasteiger partial charge < -0.3 is 10.8 Å². The maximum atomic E-state index is 11.4. The molecule has 15 heavy (non-hydrogen) atoms. The molecule has 0 saturated heterocycles. The van der Waals surface area contributed by atoms with Crippen molar-refractivity contribution in [1.29, 1.82) is 0 Å². The number of carbonyl (C=O) groups is 2. The van der Waals surface area contributed by atoms with Crippen molar-refractivity contribution >= 4 is 22.8 Å². The highest BCUT2D eigenvalue weighted by molar-refractivity contribution is 8.14. The van der Waals surface area contributed by atoms with Crippen LogP contribution in [-0.2, 0) is 4.79 Å². The first kappa shape index (κ1) is 11.7. The maximum Gasteiger partial charge on any atom is 0.321 e. The van der Waals surface area contributed by atoms with Crippen LogP contribution in [0.3, 0.4) is 0 Å². The van der Waals surface area contributed by atoms with E-state index in [1.54, 1.807) is 18.3 Å². The van der Waals surface area contributed by atoms with Crippen LogP contribution >= 0.6 is 11.8 Å². The average Bonchev–Trinajstić information content (AvgIpc) is 2.26. The van der Waals surface area contributed by atoms with Crippen LogP contribution in [0.4, 0.5) is 0 Å². The second-order valence-corrected chi connectivity index (χ2v) is 3.78. The zero-order valence-corrected chi connectivity index (χ0v) is 8.61. The summed E-state index contributed by atoms with van der Waals surface area (Å²) in [6, 6.07) is 2.25. The van der Waals surface area contributed by atoms with Gasteiger partial charge in [-0.1, -0.05) is 11.8 Å². The van der Waals surface area contributed by atoms with Crippen molar-refractivity contribution in [2.75, 3.05) is 5.75 Å². The van der Waals surface area contributed by atoms with Crippen molar-refractivity contribution in [3.8, 4) is 0 Å². The number of nitrogens with two attached hydrogens (primary N) is 1. The minimum Gasteiger partial charge on any atom is -0.480 e. The van der Waals surface area contributed by atoms with Gasteiger partial charge in [0.05, 0.1) is 0 Å². The summed E-state index contributed by atoms with van der Waals surface area (Å²) in [4.78, 5) is 25.6. The van der Waals surface area contributed by atoms with E-state index in [0.717, 1.165) is 11.8 Å². The molecule has 0 aliphatic carbocycles. The molecular formula is C9H10N2O3S. The van der Waals surface area contributed by atoms with E-state index >= 15 is 0 Å². The molecule has 0 bridgehead atoms. The number of hydrogen-bond acceptors (Lipinski definition) is 5. The Hall–Kier alpha value is -1.40. The van der Waals surface area contributed by atoms with E-state index in [1.807, 2.05) is 0 Å². The zero-order valence-electron chi connectivity index (χ0n) is 7.79. The molecule has 0 aliphatic heterocycles. The SMILES string of the molecule is N[C@@H](CSC(=O)c1cccnc1)C(=O)O. The minimum atomic E-state index is -1.11. The van der Waals surface area contributed by atoms with Crippen LogP contribution in [0.15, 0.2) is 24.5 Å². The molecule has 1 atom stereocenters. The smallest absolute Gasteiger partial charge is 0.321 e. The van der Waals surface area contributed by atoms with Crippen LogP contribution in [0.25, 0.3) is 0 Å². The number of aromatic nitrogens is 1. The number of aliphatic carboxylic acids is 1. The minimum absolute atomic E-state index is 0.0586. The van der Waals surface area contributed by atoms with Crippen molar-refractivity contribution in [1.82, 2.24) is 4.98 Å². The second-order valence-electron chi connectivity index (χ2n) is 2.78. The summed E-state index contributed by atoms with van der Waals surface area (Å²) in [5.74, 6) is -1.05. The van der Waals surface area contributed by atoms with Crippen molar-refractivity contribution in [3.05, 3.63) is 30.1 Å². The average molecular weight is 226 g/mol. The van der Waals surface area contributed by atoms with Crippen LogP contribution in [-0.4, -0.2) is 33.0 Å². The van der Waals surface area contributed by atoms with Crippen molar-refractivity contribution in [3.63, 3.8) is 0 Å². The molecule has 6 heteroatoms. The van der Waals surface area contributed by atoms with Gasteiger partial charge in [0.25, 0.3) is 0 Å². The molecule has 0 fully saturated rings. The third-order valence-electron chi connectivity index (χ3n) is 1.61. The first-order valence-corrected chi connectivity index (χ1v) is 5.15. The first-order valence-electron chi connectivity index (χ1n) is 4.17. The molecule has 0 aromatic carbocycles. The molecule has 0 unspecified atom stereocenters. The lowest BCUT2D eigenvalue weighted by atomic mass is 10.3. The largest absolute Gasteiger partial charge is 0.480 e. The number of carboxylic acid groups (broad SMARTS) is 1. The topological polar surface area (TPSA) is 93.3 Å². The molecule has 3 N–H and O–H groups in total. The van der Waals surface area contributed by atoms with Gasteiger partial charge in [0, 0.05) is 23.7 Å². The summed E-state index contributed by atoms with van der Waals surface area (Å²) in [5, 5.41) is 8.28. The number of pyridine rings is 1. The van der Waals surface area contributed by atoms with Crippen LogP contribution in [0, 0.1) is 0 Å². The van der Waals surface area contributed by atoms with Crippen molar-refractivity contribution in [2.24, 2.45) is 5.73 Å². The Morgan fingerprint density at radius 2 is 2.33 bits per heavy atom. The van der Waals surface area contributed by atoms with Crippen LogP contribution in [0.2, 0.25) is 0 Å². The number of thioether (sulfide) groups is 1. The number of carboxylic acids is 1. The van der Waals surface area contributed by atoms with Gasteiger partial charge in [-0.25, -0.2) is 0 Å². The Morgan fingerprint density at radius 1 is 1.60 bits per heavy atom. The highest BCUT2D eigenvalue weighted by atomic mass is 32.2. The molecule has 1 aromatic heterocycles. The second kappa shape index (κ2) is 5.47. The molecule has 80 valence electrons. The van der Waals surface area contributed by atoms with Gasteiger partial charge >= 0.3 is 5.97 Å². The summed E-state index contributed by atoms with van der Waals surface area (Å²) in [7, 11) is 0. The standard InChI is InChI=1S/C9H10N2O3S/c10-7(8(12)13)5-15-9(14)6-2-1-3-11-4-6/h1-4,7H,5,10H2,(H,12,13)/t7-/m0/s1. The molecule has 0 amide bonds. The van der Waals surface area contributed by atoms with Gasteiger partial charge in [-0.05, 0) is 12.1 Å². The Kier molecular flexibility index (Phi) is 4.26. The molecule has 1 rings (SSSR count). The highest BCUT2D eigenvalue weighted by Crippen LogP contribution is 2.11. The van der Waals surface area contributed by atoms with E-state index in [0.29, 0.717) is 5.56 Å². The van der Waals surface area contributed by atoms with Gasteiger partial charge in [-0.3, -0.25) is 14.6 Å². The summed E-state index contributed by atoms with van der Waals surface area (Å²) in [6.07, 6.45) is 2.99. The summed E-state index contributed by atoms with van der Waals surface area (Å²) < 4.78 is 0. The molecule has 5 nitrogen and oxygen atoms in total. The van der Waals surface area contributed by atoms with E-state index in [1.165, 1.54) is 6.20 Å². The fourth-order valence-corrected chi connectivity index (χ4v) is 1.56. The molecule has 0 radical (unpaired) electrons. The van der Waals surface area contributed by atoms with Crippen LogP contribution < -0.4 is 5.73 Å². The molecule has 0 spiro atoms. The number of carbonyl (C=O) groups excluding carboxylic acids is 1. The Labute approximate surface area is 90.7 Å². The Morgan fingerprint density at radius 3 is 2.87 bits per heavy atom. The monoisotopic (exact) mass is 226 g/mol. The van der Waals surface area contributed by atoms with Crippen LogP contribution in [0.5, 0.6) is 0 Å². The third kappa shape index (κ3) is 3.69. The Bertz CT molecular complexity index is 356. The number of nitrogens with zero attached hydrogens (tertiary/aromatic N) is 1. The van der Waals surface area contributed by atoms with E-state index in [2.05, 4.69) is 4.98 Å². The van der Waals surface area contributed by atoms with E-state index in [9.17, 15) is 9.59 Å². The lowest BCUT2D eigenvalue weighted by molar-refractivity contribution is -0.137. The predicted octanol–water partition coefficient (Wildman–Crippen LogP) is 0.367. The molecule has 0 aliphatic rings. The molecular weight excluding hydrogens is 216 g/mol. The first-order chi connectivity index (χ1) is 7.11. The molecule has 1 heterocycles. The van der Waals surface area contributed by atoms with Gasteiger partial charge in [-0.15, -0.1) is 0 Å². The van der Waals surface area contributed by atoms with E-state index < -0.39 is 12.0 Å². The fourth-order valence-electron chi connectivity index (χ4n) is 0.804. The van der Waals surface area contributed by atoms with E-state index in [-0.39, 0.29) is 10.9 Å². The van der Waals surface area contributed by atoms with Crippen molar-refractivity contribution < 1.29 is 14.7 Å². The summed E-state index contributed by atoms with van der Waals surface area (Å²) in [5.41, 5.74) is 5.70. The van der Waals surface area contributed by atoms with Gasteiger partial charge in [0.2, 0.25) is 5.12 Å². The van der Waals surface area contributed by atoms with Gasteiger partial charge in [0.15, 0.2) is 0 Å². The molecule has 1 aromatic rings. The predicted molar refractivity (Wildman–Crippen MR) is 56.6 cm³/mol. The highest BCUT2D eigenvalue weighted by Gasteiger charge is 2.14. The quantitative estimate of drug-likeness (QED) is 0.770. The third-order valence-corrected chi connectivity index (χ3v) is 2.63. The van der Waals surface area contributed by atoms with Gasteiger partial charge in [-0.2, -0.15) is 0 Å². The number of rotatable bonds is 4. The summed E-state index contributed by atoms with van der Waals surface area (Å²) >= 11 is 0.881. The summed E-state index contributed by atoms with van der Waals surface area (Å²) in [6.45, 7) is 0.